The maximum Gasteiger partial charge on any atom is 0.338 e. The third-order valence-electron chi connectivity index (χ3n) is 3.13. The van der Waals surface area contributed by atoms with Gasteiger partial charge in [-0.15, -0.1) is 0 Å². The molecule has 0 spiro atoms. The number of hydrogen-bond donors (Lipinski definition) is 1. The van der Waals surface area contributed by atoms with E-state index in [-0.39, 0.29) is 22.5 Å². The number of hydrogen-bond acceptors (Lipinski definition) is 7. The molecule has 0 unspecified atom stereocenters. The Morgan fingerprint density at radius 3 is 2.20 bits per heavy atom. The number of esters is 1. The van der Waals surface area contributed by atoms with Crippen LogP contribution in [0.5, 0.6) is 0 Å². The van der Waals surface area contributed by atoms with Crippen molar-refractivity contribution in [2.24, 2.45) is 0 Å². The molecule has 0 fully saturated rings. The van der Waals surface area contributed by atoms with E-state index in [1.807, 2.05) is 0 Å². The van der Waals surface area contributed by atoms with Crippen LogP contribution in [-0.2, 0) is 4.74 Å². The minimum absolute atomic E-state index is 0.130. The Kier molecular flexibility index (Phi) is 5.03. The van der Waals surface area contributed by atoms with Gasteiger partial charge in [-0.25, -0.2) is 4.79 Å². The lowest BCUT2D eigenvalue weighted by atomic mass is 10.1. The van der Waals surface area contributed by atoms with Gasteiger partial charge in [0.15, 0.2) is 0 Å². The van der Waals surface area contributed by atoms with Crippen LogP contribution in [0.15, 0.2) is 42.5 Å². The number of nitrogens with one attached hydrogen (secondary N) is 1. The molecule has 1 N–H and O–H groups in total. The molecule has 0 bridgehead atoms. The van der Waals surface area contributed by atoms with Crippen LogP contribution in [0.1, 0.15) is 20.7 Å². The van der Waals surface area contributed by atoms with Gasteiger partial charge < -0.3 is 10.1 Å². The number of anilines is 1. The van der Waals surface area contributed by atoms with Crippen molar-refractivity contribution in [2.45, 2.75) is 0 Å². The van der Waals surface area contributed by atoms with Crippen molar-refractivity contribution in [1.82, 2.24) is 0 Å². The highest BCUT2D eigenvalue weighted by Crippen LogP contribution is 2.21. The normalized spacial score (nSPS) is 9.96. The summed E-state index contributed by atoms with van der Waals surface area (Å²) in [6.07, 6.45) is 0. The molecule has 2 aromatic carbocycles. The van der Waals surface area contributed by atoms with Gasteiger partial charge in [-0.05, 0) is 12.1 Å². The Bertz CT molecular complexity index is 879. The van der Waals surface area contributed by atoms with Crippen LogP contribution in [0, 0.1) is 20.2 Å². The number of nitro benzene ring substituents is 2. The van der Waals surface area contributed by atoms with Gasteiger partial charge in [0.1, 0.15) is 0 Å². The van der Waals surface area contributed by atoms with E-state index in [2.05, 4.69) is 10.1 Å². The van der Waals surface area contributed by atoms with Gasteiger partial charge in [-0.3, -0.25) is 25.0 Å². The molecule has 10 nitrogen and oxygen atoms in total. The van der Waals surface area contributed by atoms with E-state index in [0.717, 1.165) is 31.4 Å². The predicted molar refractivity (Wildman–Crippen MR) is 85.5 cm³/mol. The number of methoxy groups -OCH3 is 1. The first-order valence-electron chi connectivity index (χ1n) is 6.75. The summed E-state index contributed by atoms with van der Waals surface area (Å²) >= 11 is 0. The number of non-ortho nitro benzene ring substituents is 2. The smallest absolute Gasteiger partial charge is 0.338 e. The predicted octanol–water partition coefficient (Wildman–Crippen LogP) is 2.54. The van der Waals surface area contributed by atoms with Crippen molar-refractivity contribution >= 4 is 28.9 Å². The van der Waals surface area contributed by atoms with Crippen LogP contribution < -0.4 is 5.32 Å². The molecule has 2 rings (SSSR count). The van der Waals surface area contributed by atoms with E-state index < -0.39 is 27.4 Å². The molecule has 0 saturated carbocycles. The third-order valence-corrected chi connectivity index (χ3v) is 3.13. The minimum atomic E-state index is -0.840. The first kappa shape index (κ1) is 17.5. The van der Waals surface area contributed by atoms with Crippen LogP contribution in [0.25, 0.3) is 0 Å². The summed E-state index contributed by atoms with van der Waals surface area (Å²) in [5.41, 5.74) is -0.897. The highest BCUT2D eigenvalue weighted by Gasteiger charge is 2.19. The SMILES string of the molecule is COC(=O)c1cc(C(=O)Nc2cccc([N+](=O)[O-])c2)cc([N+](=O)[O-])c1. The summed E-state index contributed by atoms with van der Waals surface area (Å²) < 4.78 is 4.50. The molecular weight excluding hydrogens is 334 g/mol. The van der Waals surface area contributed by atoms with E-state index in [9.17, 15) is 29.8 Å². The van der Waals surface area contributed by atoms with E-state index in [0.29, 0.717) is 0 Å². The fraction of sp³-hybridized carbons (Fsp3) is 0.0667. The maximum absolute atomic E-state index is 12.3. The average molecular weight is 345 g/mol. The average Bonchev–Trinajstić information content (AvgIpc) is 2.60. The monoisotopic (exact) mass is 345 g/mol. The summed E-state index contributed by atoms with van der Waals surface area (Å²) in [5.74, 6) is -1.61. The second-order valence-corrected chi connectivity index (χ2v) is 4.78. The largest absolute Gasteiger partial charge is 0.465 e. The number of amides is 1. The molecule has 1 amide bonds. The Labute approximate surface area is 140 Å². The fourth-order valence-corrected chi connectivity index (χ4v) is 1.98. The van der Waals surface area contributed by atoms with Crippen LogP contribution in [0.3, 0.4) is 0 Å². The quantitative estimate of drug-likeness (QED) is 0.498. The Morgan fingerprint density at radius 1 is 0.960 bits per heavy atom. The van der Waals surface area contributed by atoms with Gasteiger partial charge in [0.05, 0.1) is 22.5 Å². The van der Waals surface area contributed by atoms with Crippen LogP contribution in [0.4, 0.5) is 17.1 Å². The number of ether oxygens (including phenoxy) is 1. The van der Waals surface area contributed by atoms with Crippen LogP contribution in [0.2, 0.25) is 0 Å². The van der Waals surface area contributed by atoms with E-state index >= 15 is 0 Å². The second-order valence-electron chi connectivity index (χ2n) is 4.78. The van der Waals surface area contributed by atoms with E-state index in [1.54, 1.807) is 0 Å². The van der Waals surface area contributed by atoms with Crippen molar-refractivity contribution in [3.05, 3.63) is 73.8 Å². The molecule has 0 atom stereocenters. The lowest BCUT2D eigenvalue weighted by Gasteiger charge is -2.07. The topological polar surface area (TPSA) is 142 Å². The van der Waals surface area contributed by atoms with Gasteiger partial charge in [0.2, 0.25) is 0 Å². The van der Waals surface area contributed by atoms with Crippen molar-refractivity contribution in [1.29, 1.82) is 0 Å². The summed E-state index contributed by atoms with van der Waals surface area (Å²) in [4.78, 5) is 44.2. The summed E-state index contributed by atoms with van der Waals surface area (Å²) in [6.45, 7) is 0. The number of benzene rings is 2. The zero-order valence-electron chi connectivity index (χ0n) is 12.8. The van der Waals surface area contributed by atoms with Crippen molar-refractivity contribution in [3.8, 4) is 0 Å². The van der Waals surface area contributed by atoms with Gasteiger partial charge >= 0.3 is 5.97 Å². The Hall–Kier alpha value is -3.82. The van der Waals surface area contributed by atoms with Crippen LogP contribution in [-0.4, -0.2) is 28.8 Å². The van der Waals surface area contributed by atoms with Gasteiger partial charge in [-0.2, -0.15) is 0 Å². The molecule has 25 heavy (non-hydrogen) atoms. The third kappa shape index (κ3) is 4.13. The number of carbonyl (C=O) groups is 2. The van der Waals surface area contributed by atoms with Gasteiger partial charge in [-0.1, -0.05) is 6.07 Å². The molecule has 0 saturated heterocycles. The number of rotatable bonds is 5. The number of nitrogens with zero attached hydrogens (tertiary/aromatic N) is 2. The van der Waals surface area contributed by atoms with Crippen molar-refractivity contribution in [2.75, 3.05) is 12.4 Å². The molecular formula is C15H11N3O7. The minimum Gasteiger partial charge on any atom is -0.465 e. The molecule has 10 heteroatoms. The molecule has 0 radical (unpaired) electrons. The summed E-state index contributed by atoms with van der Waals surface area (Å²) in [6, 6.07) is 8.28. The standard InChI is InChI=1S/C15H11N3O7/c1-25-15(20)10-5-9(6-13(7-10)18(23)24)14(19)16-11-3-2-4-12(8-11)17(21)22/h2-8H,1H3,(H,16,19). The molecule has 0 aliphatic rings. The lowest BCUT2D eigenvalue weighted by Crippen LogP contribution is -2.14. The first-order chi connectivity index (χ1) is 11.8. The highest BCUT2D eigenvalue weighted by molar-refractivity contribution is 6.06. The Morgan fingerprint density at radius 2 is 1.60 bits per heavy atom. The second kappa shape index (κ2) is 7.17. The zero-order valence-corrected chi connectivity index (χ0v) is 12.8. The maximum atomic E-state index is 12.3. The molecule has 0 aliphatic heterocycles. The summed E-state index contributed by atoms with van der Waals surface area (Å²) in [5, 5.41) is 24.1. The number of carbonyl (C=O) groups excluding carboxylic acids is 2. The highest BCUT2D eigenvalue weighted by atomic mass is 16.6. The van der Waals surface area contributed by atoms with E-state index in [1.165, 1.54) is 18.2 Å². The fourth-order valence-electron chi connectivity index (χ4n) is 1.98. The zero-order chi connectivity index (χ0) is 18.6. The first-order valence-corrected chi connectivity index (χ1v) is 6.75. The van der Waals surface area contributed by atoms with Gasteiger partial charge in [0, 0.05) is 35.5 Å². The molecule has 0 aliphatic carbocycles. The lowest BCUT2D eigenvalue weighted by molar-refractivity contribution is -0.385. The van der Waals surface area contributed by atoms with E-state index in [4.69, 9.17) is 0 Å². The molecule has 0 heterocycles. The Balaban J connectivity index is 2.36. The van der Waals surface area contributed by atoms with Crippen molar-refractivity contribution < 1.29 is 24.2 Å². The molecule has 0 aromatic heterocycles. The van der Waals surface area contributed by atoms with Crippen LogP contribution >= 0.6 is 0 Å². The molecule has 128 valence electrons. The number of nitro groups is 2. The van der Waals surface area contributed by atoms with Gasteiger partial charge in [0.25, 0.3) is 17.3 Å². The summed E-state index contributed by atoms with van der Waals surface area (Å²) in [7, 11) is 1.10. The molecule has 2 aromatic rings. The van der Waals surface area contributed by atoms with Crippen molar-refractivity contribution in [3.63, 3.8) is 0 Å².